The molecule has 0 aliphatic carbocycles. The van der Waals surface area contributed by atoms with E-state index in [2.05, 4.69) is 4.40 Å². The molecule has 1 aromatic heterocycles. The number of rotatable bonds is 5. The Morgan fingerprint density at radius 1 is 1.08 bits per heavy atom. The first-order chi connectivity index (χ1) is 12.5. The first kappa shape index (κ1) is 18.4. The molecule has 7 heteroatoms. The van der Waals surface area contributed by atoms with Crippen LogP contribution in [0.5, 0.6) is 5.75 Å². The molecule has 0 aliphatic rings. The fourth-order valence-electron chi connectivity index (χ4n) is 2.68. The van der Waals surface area contributed by atoms with E-state index in [1.165, 1.54) is 11.3 Å². The lowest BCUT2D eigenvalue weighted by Gasteiger charge is -2.07. The van der Waals surface area contributed by atoms with Crippen molar-refractivity contribution >= 4 is 21.4 Å². The molecule has 0 saturated carbocycles. The van der Waals surface area contributed by atoms with Crippen molar-refractivity contribution in [1.82, 2.24) is 4.57 Å². The number of benzene rings is 2. The number of aromatic nitrogens is 1. The van der Waals surface area contributed by atoms with E-state index >= 15 is 0 Å². The van der Waals surface area contributed by atoms with Gasteiger partial charge in [-0.2, -0.15) is 8.42 Å². The van der Waals surface area contributed by atoms with E-state index in [1.54, 1.807) is 37.4 Å². The normalized spacial score (nSPS) is 12.3. The zero-order valence-electron chi connectivity index (χ0n) is 14.8. The molecule has 0 N–H and O–H groups in total. The number of nitrogens with zero attached hydrogens (tertiary/aromatic N) is 2. The predicted molar refractivity (Wildman–Crippen MR) is 104 cm³/mol. The minimum Gasteiger partial charge on any atom is -0.497 e. The molecule has 0 spiro atoms. The second-order valence-corrected chi connectivity index (χ2v) is 8.34. The molecule has 3 rings (SSSR count). The standard InChI is InChI=1S/C19H20N2O3S2/c1-4-17-18(14-10-12-15(24-3)13-11-14)21(2)19(25-17)20-26(22,23)16-8-6-5-7-9-16/h5-13H,4H2,1-3H3. The molecular formula is C19H20N2O3S2. The molecular weight excluding hydrogens is 368 g/mol. The number of sulfonamides is 1. The number of hydrogen-bond acceptors (Lipinski definition) is 4. The van der Waals surface area contributed by atoms with Crippen molar-refractivity contribution in [2.24, 2.45) is 11.4 Å². The van der Waals surface area contributed by atoms with E-state index in [4.69, 9.17) is 4.74 Å². The summed E-state index contributed by atoms with van der Waals surface area (Å²) < 4.78 is 36.3. The zero-order valence-corrected chi connectivity index (χ0v) is 16.5. The van der Waals surface area contributed by atoms with Gasteiger partial charge < -0.3 is 9.30 Å². The Labute approximate surface area is 157 Å². The summed E-state index contributed by atoms with van der Waals surface area (Å²) in [4.78, 5) is 1.73. The maximum absolute atomic E-state index is 12.6. The highest BCUT2D eigenvalue weighted by Gasteiger charge is 2.16. The van der Waals surface area contributed by atoms with Crippen LogP contribution in [0.4, 0.5) is 0 Å². The average Bonchev–Trinajstić information content (AvgIpc) is 2.97. The summed E-state index contributed by atoms with van der Waals surface area (Å²) in [6.45, 7) is 2.05. The summed E-state index contributed by atoms with van der Waals surface area (Å²) in [6, 6.07) is 16.0. The van der Waals surface area contributed by atoms with Crippen molar-refractivity contribution in [2.75, 3.05) is 7.11 Å². The highest BCUT2D eigenvalue weighted by atomic mass is 32.2. The van der Waals surface area contributed by atoms with Gasteiger partial charge in [0.05, 0.1) is 17.7 Å². The third-order valence-corrected chi connectivity index (χ3v) is 6.70. The van der Waals surface area contributed by atoms with Crippen LogP contribution in [0.15, 0.2) is 63.9 Å². The zero-order chi connectivity index (χ0) is 18.7. The molecule has 0 amide bonds. The number of aryl methyl sites for hydroxylation is 1. The fraction of sp³-hybridized carbons (Fsp3) is 0.211. The third kappa shape index (κ3) is 3.59. The molecule has 1 heterocycles. The summed E-state index contributed by atoms with van der Waals surface area (Å²) in [5, 5.41) is 0. The van der Waals surface area contributed by atoms with Crippen molar-refractivity contribution in [3.05, 3.63) is 64.3 Å². The molecule has 26 heavy (non-hydrogen) atoms. The van der Waals surface area contributed by atoms with Gasteiger partial charge in [0.2, 0.25) is 4.80 Å². The Bertz CT molecular complexity index is 1060. The van der Waals surface area contributed by atoms with Gasteiger partial charge in [-0.15, -0.1) is 15.7 Å². The van der Waals surface area contributed by atoms with Gasteiger partial charge in [-0.25, -0.2) is 0 Å². The van der Waals surface area contributed by atoms with E-state index < -0.39 is 10.0 Å². The lowest BCUT2D eigenvalue weighted by Crippen LogP contribution is -2.14. The van der Waals surface area contributed by atoms with Crippen LogP contribution in [0.25, 0.3) is 11.3 Å². The van der Waals surface area contributed by atoms with E-state index in [9.17, 15) is 8.42 Å². The van der Waals surface area contributed by atoms with Gasteiger partial charge in [0.15, 0.2) is 0 Å². The second kappa shape index (κ2) is 7.47. The van der Waals surface area contributed by atoms with Gasteiger partial charge >= 0.3 is 0 Å². The molecule has 0 saturated heterocycles. The maximum atomic E-state index is 12.6. The Kier molecular flexibility index (Phi) is 5.29. The third-order valence-electron chi connectivity index (χ3n) is 4.02. The van der Waals surface area contributed by atoms with Gasteiger partial charge in [0.25, 0.3) is 10.0 Å². The number of methoxy groups -OCH3 is 1. The minimum absolute atomic E-state index is 0.192. The van der Waals surface area contributed by atoms with Gasteiger partial charge in [-0.3, -0.25) is 0 Å². The summed E-state index contributed by atoms with van der Waals surface area (Å²) in [5.74, 6) is 0.779. The molecule has 0 unspecified atom stereocenters. The van der Waals surface area contributed by atoms with Crippen LogP contribution in [0.2, 0.25) is 0 Å². The molecule has 5 nitrogen and oxygen atoms in total. The van der Waals surface area contributed by atoms with Crippen LogP contribution in [-0.4, -0.2) is 20.1 Å². The Morgan fingerprint density at radius 2 is 1.73 bits per heavy atom. The van der Waals surface area contributed by atoms with Crippen LogP contribution < -0.4 is 9.54 Å². The Hall–Kier alpha value is -2.38. The van der Waals surface area contributed by atoms with Gasteiger partial charge in [-0.05, 0) is 48.4 Å². The van der Waals surface area contributed by atoms with E-state index in [1.807, 2.05) is 42.8 Å². The summed E-state index contributed by atoms with van der Waals surface area (Å²) in [5.41, 5.74) is 1.97. The van der Waals surface area contributed by atoms with E-state index in [0.29, 0.717) is 4.80 Å². The second-order valence-electron chi connectivity index (χ2n) is 5.68. The van der Waals surface area contributed by atoms with Crippen molar-refractivity contribution in [3.63, 3.8) is 0 Å². The smallest absolute Gasteiger partial charge is 0.285 e. The van der Waals surface area contributed by atoms with Crippen LogP contribution in [0, 0.1) is 0 Å². The average molecular weight is 389 g/mol. The SMILES string of the molecule is CCc1sc(=NS(=O)(=O)c2ccccc2)n(C)c1-c1ccc(OC)cc1. The summed E-state index contributed by atoms with van der Waals surface area (Å²) in [7, 11) is -0.276. The van der Waals surface area contributed by atoms with Crippen molar-refractivity contribution in [2.45, 2.75) is 18.2 Å². The monoisotopic (exact) mass is 388 g/mol. The number of hydrogen-bond donors (Lipinski definition) is 0. The number of ether oxygens (including phenoxy) is 1. The molecule has 136 valence electrons. The van der Waals surface area contributed by atoms with Crippen molar-refractivity contribution in [1.29, 1.82) is 0 Å². The molecule has 0 aliphatic heterocycles. The maximum Gasteiger partial charge on any atom is 0.285 e. The first-order valence-electron chi connectivity index (χ1n) is 8.15. The first-order valence-corrected chi connectivity index (χ1v) is 10.4. The highest BCUT2D eigenvalue weighted by molar-refractivity contribution is 7.90. The van der Waals surface area contributed by atoms with Crippen molar-refractivity contribution in [3.8, 4) is 17.0 Å². The van der Waals surface area contributed by atoms with Crippen molar-refractivity contribution < 1.29 is 13.2 Å². The Balaban J connectivity index is 2.14. The largest absolute Gasteiger partial charge is 0.497 e. The quantitative estimate of drug-likeness (QED) is 0.671. The van der Waals surface area contributed by atoms with Gasteiger partial charge in [0, 0.05) is 11.9 Å². The van der Waals surface area contributed by atoms with Crippen LogP contribution in [0.1, 0.15) is 11.8 Å². The van der Waals surface area contributed by atoms with Crippen LogP contribution >= 0.6 is 11.3 Å². The molecule has 3 aromatic rings. The Morgan fingerprint density at radius 3 is 2.31 bits per heavy atom. The minimum atomic E-state index is -3.75. The summed E-state index contributed by atoms with van der Waals surface area (Å²) >= 11 is 1.40. The predicted octanol–water partition coefficient (Wildman–Crippen LogP) is 3.61. The molecule has 2 aromatic carbocycles. The fourth-order valence-corrected chi connectivity index (χ4v) is 5.00. The number of thiazole rings is 1. The lowest BCUT2D eigenvalue weighted by molar-refractivity contribution is 0.415. The van der Waals surface area contributed by atoms with Gasteiger partial charge in [-0.1, -0.05) is 25.1 Å². The molecule has 0 fully saturated rings. The van der Waals surface area contributed by atoms with Crippen LogP contribution in [0.3, 0.4) is 0 Å². The van der Waals surface area contributed by atoms with E-state index in [0.717, 1.165) is 28.3 Å². The lowest BCUT2D eigenvalue weighted by atomic mass is 10.1. The summed E-state index contributed by atoms with van der Waals surface area (Å²) in [6.07, 6.45) is 0.792. The molecule has 0 atom stereocenters. The molecule has 0 bridgehead atoms. The van der Waals surface area contributed by atoms with E-state index in [-0.39, 0.29) is 4.90 Å². The van der Waals surface area contributed by atoms with Gasteiger partial charge in [0.1, 0.15) is 5.75 Å². The molecule has 0 radical (unpaired) electrons. The topological polar surface area (TPSA) is 60.7 Å². The van der Waals surface area contributed by atoms with Crippen LogP contribution in [-0.2, 0) is 23.5 Å². The highest BCUT2D eigenvalue weighted by Crippen LogP contribution is 2.27.